The number of aliphatic hydroxyl groups excluding tert-OH is 1. The van der Waals surface area contributed by atoms with Crippen LogP contribution in [0.15, 0.2) is 18.2 Å². The molecule has 96 valence electrons. The molecule has 0 aliphatic heterocycles. The summed E-state index contributed by atoms with van der Waals surface area (Å²) in [6.07, 6.45) is 0.796. The van der Waals surface area contributed by atoms with E-state index in [4.69, 9.17) is 9.47 Å². The minimum atomic E-state index is -0.584. The molecule has 1 unspecified atom stereocenters. The molecule has 0 aliphatic carbocycles. The van der Waals surface area contributed by atoms with Crippen molar-refractivity contribution >= 4 is 0 Å². The zero-order valence-electron chi connectivity index (χ0n) is 10.9. The predicted molar refractivity (Wildman–Crippen MR) is 66.1 cm³/mol. The van der Waals surface area contributed by atoms with Crippen LogP contribution >= 0.6 is 0 Å². The zero-order chi connectivity index (χ0) is 12.9. The smallest absolute Gasteiger partial charge is 0.213 e. The number of rotatable bonds is 6. The van der Waals surface area contributed by atoms with Crippen molar-refractivity contribution in [3.8, 4) is 5.88 Å². The molecule has 1 aromatic heterocycles. The van der Waals surface area contributed by atoms with E-state index in [1.165, 1.54) is 0 Å². The van der Waals surface area contributed by atoms with E-state index in [9.17, 15) is 5.11 Å². The molecule has 1 rings (SSSR count). The summed E-state index contributed by atoms with van der Waals surface area (Å²) in [7, 11) is 3.24. The first-order valence-electron chi connectivity index (χ1n) is 5.72. The summed E-state index contributed by atoms with van der Waals surface area (Å²) in [5.41, 5.74) is 0.413. The molecule has 1 heterocycles. The molecule has 0 radical (unpaired) electrons. The second-order valence-corrected chi connectivity index (χ2v) is 4.62. The first kappa shape index (κ1) is 13.9. The summed E-state index contributed by atoms with van der Waals surface area (Å²) in [6, 6.07) is 5.38. The number of pyridine rings is 1. The van der Waals surface area contributed by atoms with Gasteiger partial charge in [-0.25, -0.2) is 4.98 Å². The van der Waals surface area contributed by atoms with Crippen molar-refractivity contribution in [2.75, 3.05) is 14.2 Å². The van der Waals surface area contributed by atoms with Crippen molar-refractivity contribution in [1.82, 2.24) is 4.98 Å². The maximum atomic E-state index is 10.0. The molecule has 0 aliphatic rings. The Morgan fingerprint density at radius 3 is 2.65 bits per heavy atom. The Bertz CT molecular complexity index is 352. The van der Waals surface area contributed by atoms with Crippen LogP contribution in [0.25, 0.3) is 0 Å². The van der Waals surface area contributed by atoms with Gasteiger partial charge in [0.1, 0.15) is 0 Å². The third-order valence-corrected chi connectivity index (χ3v) is 2.87. The summed E-state index contributed by atoms with van der Waals surface area (Å²) in [5, 5.41) is 10.0. The van der Waals surface area contributed by atoms with Gasteiger partial charge >= 0.3 is 0 Å². The van der Waals surface area contributed by atoms with Crippen LogP contribution in [0.2, 0.25) is 0 Å². The van der Waals surface area contributed by atoms with Crippen molar-refractivity contribution in [2.24, 2.45) is 0 Å². The van der Waals surface area contributed by atoms with Gasteiger partial charge in [-0.05, 0) is 32.8 Å². The van der Waals surface area contributed by atoms with E-state index in [-0.39, 0.29) is 5.60 Å². The van der Waals surface area contributed by atoms with Crippen molar-refractivity contribution in [2.45, 2.75) is 38.4 Å². The van der Waals surface area contributed by atoms with Crippen LogP contribution < -0.4 is 4.74 Å². The monoisotopic (exact) mass is 239 g/mol. The average molecular weight is 239 g/mol. The van der Waals surface area contributed by atoms with Gasteiger partial charge in [0.15, 0.2) is 0 Å². The van der Waals surface area contributed by atoms with E-state index < -0.39 is 6.10 Å². The Morgan fingerprint density at radius 2 is 2.06 bits per heavy atom. The van der Waals surface area contributed by atoms with Crippen LogP contribution in [0.1, 0.15) is 38.5 Å². The lowest BCUT2D eigenvalue weighted by Crippen LogP contribution is -2.23. The molecule has 0 saturated heterocycles. The van der Waals surface area contributed by atoms with Gasteiger partial charge < -0.3 is 14.6 Å². The third kappa shape index (κ3) is 4.32. The molecule has 0 spiro atoms. The molecule has 1 N–H and O–H groups in total. The molecule has 4 heteroatoms. The molecule has 17 heavy (non-hydrogen) atoms. The minimum Gasteiger partial charge on any atom is -0.481 e. The van der Waals surface area contributed by atoms with Gasteiger partial charge in [-0.1, -0.05) is 6.07 Å². The second kappa shape index (κ2) is 5.98. The Labute approximate surface area is 103 Å². The molecule has 1 atom stereocenters. The van der Waals surface area contributed by atoms with Gasteiger partial charge in [0.05, 0.1) is 24.5 Å². The summed E-state index contributed by atoms with van der Waals surface area (Å²) in [5.74, 6) is 0.521. The van der Waals surface area contributed by atoms with Crippen LogP contribution in [0.4, 0.5) is 0 Å². The maximum absolute atomic E-state index is 10.0. The molecule has 4 nitrogen and oxygen atoms in total. The number of aromatic nitrogens is 1. The van der Waals surface area contributed by atoms with Crippen molar-refractivity contribution in [1.29, 1.82) is 0 Å². The normalized spacial score (nSPS) is 13.5. The highest BCUT2D eigenvalue weighted by Gasteiger charge is 2.19. The van der Waals surface area contributed by atoms with Gasteiger partial charge in [-0.3, -0.25) is 0 Å². The molecule has 0 amide bonds. The van der Waals surface area contributed by atoms with Crippen molar-refractivity contribution < 1.29 is 14.6 Å². The largest absolute Gasteiger partial charge is 0.481 e. The molecular weight excluding hydrogens is 218 g/mol. The molecule has 0 aromatic carbocycles. The number of hydrogen-bond donors (Lipinski definition) is 1. The quantitative estimate of drug-likeness (QED) is 0.827. The van der Waals surface area contributed by atoms with E-state index >= 15 is 0 Å². The van der Waals surface area contributed by atoms with Gasteiger partial charge in [0.25, 0.3) is 0 Å². The van der Waals surface area contributed by atoms with E-state index in [0.29, 0.717) is 18.0 Å². The van der Waals surface area contributed by atoms with E-state index in [1.807, 2.05) is 19.9 Å². The van der Waals surface area contributed by atoms with E-state index in [2.05, 4.69) is 4.98 Å². The molecule has 0 fully saturated rings. The summed E-state index contributed by atoms with van der Waals surface area (Å²) in [6.45, 7) is 4.00. The summed E-state index contributed by atoms with van der Waals surface area (Å²) >= 11 is 0. The fourth-order valence-electron chi connectivity index (χ4n) is 1.46. The van der Waals surface area contributed by atoms with Crippen LogP contribution in [0.5, 0.6) is 5.88 Å². The van der Waals surface area contributed by atoms with Crippen LogP contribution in [-0.2, 0) is 4.74 Å². The van der Waals surface area contributed by atoms with Gasteiger partial charge in [-0.15, -0.1) is 0 Å². The summed E-state index contributed by atoms with van der Waals surface area (Å²) in [4.78, 5) is 4.20. The summed E-state index contributed by atoms with van der Waals surface area (Å²) < 4.78 is 10.3. The number of methoxy groups -OCH3 is 2. The number of nitrogens with zero attached hydrogens (tertiary/aromatic N) is 1. The average Bonchev–Trinajstić information content (AvgIpc) is 2.36. The van der Waals surface area contributed by atoms with Crippen molar-refractivity contribution in [3.05, 3.63) is 23.9 Å². The number of hydrogen-bond acceptors (Lipinski definition) is 4. The lowest BCUT2D eigenvalue weighted by atomic mass is 9.98. The lowest BCUT2D eigenvalue weighted by molar-refractivity contribution is 0.00238. The Morgan fingerprint density at radius 1 is 1.35 bits per heavy atom. The highest BCUT2D eigenvalue weighted by atomic mass is 16.5. The van der Waals surface area contributed by atoms with E-state index in [1.54, 1.807) is 26.4 Å². The van der Waals surface area contributed by atoms with Gasteiger partial charge in [0.2, 0.25) is 5.88 Å². The molecule has 0 saturated carbocycles. The highest BCUT2D eigenvalue weighted by Crippen LogP contribution is 2.24. The first-order valence-corrected chi connectivity index (χ1v) is 5.72. The maximum Gasteiger partial charge on any atom is 0.213 e. The predicted octanol–water partition coefficient (Wildman–Crippen LogP) is 2.33. The Kier molecular flexibility index (Phi) is 4.90. The SMILES string of the molecule is COc1cccc(C(O)CCC(C)(C)OC)n1. The Hall–Kier alpha value is -1.13. The van der Waals surface area contributed by atoms with Crippen LogP contribution in [-0.4, -0.2) is 29.9 Å². The number of aliphatic hydroxyl groups is 1. The molecular formula is C13H21NO3. The van der Waals surface area contributed by atoms with E-state index in [0.717, 1.165) is 6.42 Å². The van der Waals surface area contributed by atoms with Crippen LogP contribution in [0, 0.1) is 0 Å². The van der Waals surface area contributed by atoms with Crippen LogP contribution in [0.3, 0.4) is 0 Å². The lowest BCUT2D eigenvalue weighted by Gasteiger charge is -2.24. The van der Waals surface area contributed by atoms with Gasteiger partial charge in [0, 0.05) is 13.2 Å². The molecule has 1 aromatic rings. The fourth-order valence-corrected chi connectivity index (χ4v) is 1.46. The van der Waals surface area contributed by atoms with Gasteiger partial charge in [-0.2, -0.15) is 0 Å². The highest BCUT2D eigenvalue weighted by molar-refractivity contribution is 5.17. The first-order chi connectivity index (χ1) is 7.98. The minimum absolute atomic E-state index is 0.222. The Balaban J connectivity index is 2.60. The standard InChI is InChI=1S/C13H21NO3/c1-13(2,17-4)9-8-11(15)10-6-5-7-12(14-10)16-3/h5-7,11,15H,8-9H2,1-4H3. The molecule has 0 bridgehead atoms. The fraction of sp³-hybridized carbons (Fsp3) is 0.615. The topological polar surface area (TPSA) is 51.6 Å². The second-order valence-electron chi connectivity index (χ2n) is 4.62. The number of ether oxygens (including phenoxy) is 2. The third-order valence-electron chi connectivity index (χ3n) is 2.87. The zero-order valence-corrected chi connectivity index (χ0v) is 10.9. The van der Waals surface area contributed by atoms with Crippen molar-refractivity contribution in [3.63, 3.8) is 0 Å².